The molecule has 0 bridgehead atoms. The topological polar surface area (TPSA) is 62.5 Å². The van der Waals surface area contributed by atoms with Gasteiger partial charge < -0.3 is 9.67 Å². The standard InChI is InChI=1S/C20H14N2O3S2/c1-21-11-13(15-4-2-3-5-16(15)21)10-17-18(23)22(20(26)27-17)14-8-6-12(7-9-14)19(24)25/h2-11H,1H3,(H,24,25). The summed E-state index contributed by atoms with van der Waals surface area (Å²) in [6.07, 6.45) is 3.84. The van der Waals surface area contributed by atoms with E-state index in [1.54, 1.807) is 12.1 Å². The van der Waals surface area contributed by atoms with Gasteiger partial charge in [0.15, 0.2) is 4.32 Å². The van der Waals surface area contributed by atoms with Crippen LogP contribution < -0.4 is 4.90 Å². The average molecular weight is 394 g/mol. The number of aromatic carboxylic acids is 1. The minimum Gasteiger partial charge on any atom is -0.478 e. The number of para-hydroxylation sites is 1. The predicted octanol–water partition coefficient (Wildman–Crippen LogP) is 4.28. The number of aryl methyl sites for hydroxylation is 1. The van der Waals surface area contributed by atoms with Crippen molar-refractivity contribution in [1.82, 2.24) is 4.57 Å². The van der Waals surface area contributed by atoms with Gasteiger partial charge in [-0.05, 0) is 36.4 Å². The lowest BCUT2D eigenvalue weighted by Crippen LogP contribution is -2.27. The number of carbonyl (C=O) groups excluding carboxylic acids is 1. The number of hydrogen-bond acceptors (Lipinski definition) is 4. The van der Waals surface area contributed by atoms with Gasteiger partial charge in [-0.25, -0.2) is 4.79 Å². The van der Waals surface area contributed by atoms with E-state index in [2.05, 4.69) is 0 Å². The van der Waals surface area contributed by atoms with Gasteiger partial charge in [-0.2, -0.15) is 0 Å². The molecule has 3 aromatic rings. The molecule has 7 heteroatoms. The molecule has 0 spiro atoms. The van der Waals surface area contributed by atoms with Crippen LogP contribution in [0.1, 0.15) is 15.9 Å². The summed E-state index contributed by atoms with van der Waals surface area (Å²) in [5.74, 6) is -1.22. The van der Waals surface area contributed by atoms with Crippen molar-refractivity contribution in [2.24, 2.45) is 7.05 Å². The number of benzene rings is 2. The summed E-state index contributed by atoms with van der Waals surface area (Å²) in [4.78, 5) is 25.9. The lowest BCUT2D eigenvalue weighted by atomic mass is 10.1. The molecule has 1 aliphatic rings. The molecule has 1 N–H and O–H groups in total. The molecule has 0 radical (unpaired) electrons. The van der Waals surface area contributed by atoms with E-state index in [4.69, 9.17) is 17.3 Å². The molecule has 27 heavy (non-hydrogen) atoms. The molecule has 1 saturated heterocycles. The molecule has 4 rings (SSSR count). The van der Waals surface area contributed by atoms with Gasteiger partial charge in [0.1, 0.15) is 0 Å². The molecule has 0 saturated carbocycles. The van der Waals surface area contributed by atoms with Crippen LogP contribution in [-0.2, 0) is 11.8 Å². The van der Waals surface area contributed by atoms with Gasteiger partial charge in [0.05, 0.1) is 16.2 Å². The Labute approximate surface area is 164 Å². The van der Waals surface area contributed by atoms with E-state index >= 15 is 0 Å². The van der Waals surface area contributed by atoms with Crippen LogP contribution in [0.15, 0.2) is 59.6 Å². The fourth-order valence-electron chi connectivity index (χ4n) is 3.07. The second-order valence-electron chi connectivity index (χ2n) is 6.08. The first kappa shape index (κ1) is 17.5. The highest BCUT2D eigenvalue weighted by atomic mass is 32.2. The number of aromatic nitrogens is 1. The minimum absolute atomic E-state index is 0.162. The van der Waals surface area contributed by atoms with Crippen molar-refractivity contribution >= 4 is 62.8 Å². The molecular formula is C20H14N2O3S2. The zero-order chi connectivity index (χ0) is 19.1. The van der Waals surface area contributed by atoms with E-state index in [-0.39, 0.29) is 11.5 Å². The monoisotopic (exact) mass is 394 g/mol. The van der Waals surface area contributed by atoms with Crippen molar-refractivity contribution in [3.05, 3.63) is 70.8 Å². The van der Waals surface area contributed by atoms with E-state index in [9.17, 15) is 9.59 Å². The van der Waals surface area contributed by atoms with E-state index in [0.29, 0.717) is 14.9 Å². The second kappa shape index (κ2) is 6.68. The Morgan fingerprint density at radius 2 is 1.85 bits per heavy atom. The van der Waals surface area contributed by atoms with Crippen LogP contribution >= 0.6 is 24.0 Å². The molecule has 2 aromatic carbocycles. The molecule has 2 heterocycles. The summed E-state index contributed by atoms with van der Waals surface area (Å²) in [5.41, 5.74) is 2.76. The van der Waals surface area contributed by atoms with Crippen LogP contribution in [0.25, 0.3) is 17.0 Å². The maximum Gasteiger partial charge on any atom is 0.335 e. The summed E-state index contributed by atoms with van der Waals surface area (Å²) in [6, 6.07) is 14.1. The number of nitrogens with zero attached hydrogens (tertiary/aromatic N) is 2. The Bertz CT molecular complexity index is 1130. The summed E-state index contributed by atoms with van der Waals surface area (Å²) in [6.45, 7) is 0. The van der Waals surface area contributed by atoms with Gasteiger partial charge in [0.2, 0.25) is 0 Å². The molecule has 0 aliphatic carbocycles. The van der Waals surface area contributed by atoms with Crippen molar-refractivity contribution in [3.63, 3.8) is 0 Å². The molecule has 5 nitrogen and oxygen atoms in total. The van der Waals surface area contributed by atoms with Crippen LogP contribution in [0.3, 0.4) is 0 Å². The van der Waals surface area contributed by atoms with E-state index in [1.165, 1.54) is 28.8 Å². The van der Waals surface area contributed by atoms with Crippen LogP contribution in [-0.4, -0.2) is 25.9 Å². The number of fused-ring (bicyclic) bond motifs is 1. The first-order valence-corrected chi connectivity index (χ1v) is 9.33. The molecule has 0 unspecified atom stereocenters. The number of anilines is 1. The molecule has 1 aromatic heterocycles. The number of amides is 1. The Hall–Kier alpha value is -2.90. The van der Waals surface area contributed by atoms with E-state index in [0.717, 1.165) is 16.5 Å². The smallest absolute Gasteiger partial charge is 0.335 e. The van der Waals surface area contributed by atoms with E-state index in [1.807, 2.05) is 48.2 Å². The van der Waals surface area contributed by atoms with Crippen LogP contribution in [0.5, 0.6) is 0 Å². The third-order valence-corrected chi connectivity index (χ3v) is 5.68. The van der Waals surface area contributed by atoms with Gasteiger partial charge in [0, 0.05) is 29.7 Å². The van der Waals surface area contributed by atoms with Crippen molar-refractivity contribution in [2.45, 2.75) is 0 Å². The van der Waals surface area contributed by atoms with Gasteiger partial charge in [-0.1, -0.05) is 42.2 Å². The predicted molar refractivity (Wildman–Crippen MR) is 112 cm³/mol. The van der Waals surface area contributed by atoms with Crippen molar-refractivity contribution < 1.29 is 14.7 Å². The fourth-order valence-corrected chi connectivity index (χ4v) is 4.36. The van der Waals surface area contributed by atoms with Crippen molar-refractivity contribution in [1.29, 1.82) is 0 Å². The first-order chi connectivity index (χ1) is 13.0. The SMILES string of the molecule is Cn1cc(C=C2SC(=S)N(c3ccc(C(=O)O)cc3)C2=O)c2ccccc21. The summed E-state index contributed by atoms with van der Waals surface area (Å²) in [7, 11) is 1.97. The zero-order valence-corrected chi connectivity index (χ0v) is 15.9. The van der Waals surface area contributed by atoms with Gasteiger partial charge >= 0.3 is 5.97 Å². The number of thioether (sulfide) groups is 1. The van der Waals surface area contributed by atoms with Gasteiger partial charge in [-0.3, -0.25) is 9.69 Å². The average Bonchev–Trinajstić information content (AvgIpc) is 3.12. The summed E-state index contributed by atoms with van der Waals surface area (Å²) in [5, 5.41) is 10.1. The number of carboxylic acid groups (broad SMARTS) is 1. The molecule has 1 amide bonds. The number of hydrogen-bond donors (Lipinski definition) is 1. The molecular weight excluding hydrogens is 380 g/mol. The number of thiocarbonyl (C=S) groups is 1. The van der Waals surface area contributed by atoms with E-state index < -0.39 is 5.97 Å². The quantitative estimate of drug-likeness (QED) is 0.531. The van der Waals surface area contributed by atoms with Gasteiger partial charge in [0.25, 0.3) is 5.91 Å². The fraction of sp³-hybridized carbons (Fsp3) is 0.0500. The maximum atomic E-state index is 12.9. The third kappa shape index (κ3) is 3.05. The van der Waals surface area contributed by atoms with Crippen LogP contribution in [0, 0.1) is 0 Å². The summed E-state index contributed by atoms with van der Waals surface area (Å²) < 4.78 is 2.45. The molecule has 1 aliphatic heterocycles. The number of carboxylic acids is 1. The Morgan fingerprint density at radius 3 is 2.56 bits per heavy atom. The zero-order valence-electron chi connectivity index (χ0n) is 14.2. The van der Waals surface area contributed by atoms with Crippen LogP contribution in [0.2, 0.25) is 0 Å². The maximum absolute atomic E-state index is 12.9. The molecule has 1 fully saturated rings. The van der Waals surface area contributed by atoms with Crippen molar-refractivity contribution in [3.8, 4) is 0 Å². The highest BCUT2D eigenvalue weighted by Gasteiger charge is 2.33. The summed E-state index contributed by atoms with van der Waals surface area (Å²) >= 11 is 6.63. The lowest BCUT2D eigenvalue weighted by molar-refractivity contribution is -0.113. The highest BCUT2D eigenvalue weighted by Crippen LogP contribution is 2.37. The Morgan fingerprint density at radius 1 is 1.15 bits per heavy atom. The molecule has 0 atom stereocenters. The van der Waals surface area contributed by atoms with Crippen LogP contribution in [0.4, 0.5) is 5.69 Å². The normalized spacial score (nSPS) is 15.9. The number of carbonyl (C=O) groups is 2. The highest BCUT2D eigenvalue weighted by molar-refractivity contribution is 8.27. The molecule has 134 valence electrons. The Kier molecular flexibility index (Phi) is 4.33. The third-order valence-electron chi connectivity index (χ3n) is 4.38. The first-order valence-electron chi connectivity index (χ1n) is 8.11. The van der Waals surface area contributed by atoms with Gasteiger partial charge in [-0.15, -0.1) is 0 Å². The second-order valence-corrected chi connectivity index (χ2v) is 7.76. The largest absolute Gasteiger partial charge is 0.478 e. The number of rotatable bonds is 3. The Balaban J connectivity index is 1.70. The lowest BCUT2D eigenvalue weighted by Gasteiger charge is -2.14. The minimum atomic E-state index is -1.01. The van der Waals surface area contributed by atoms with Crippen molar-refractivity contribution in [2.75, 3.05) is 4.90 Å².